The fraction of sp³-hybridized carbons (Fsp3) is 0.188. The number of ketones is 1. The molecule has 1 saturated carbocycles. The van der Waals surface area contributed by atoms with Crippen LogP contribution in [0.4, 0.5) is 0 Å². The van der Waals surface area contributed by atoms with E-state index in [1.807, 2.05) is 54.6 Å². The molecule has 0 heterocycles. The molecule has 0 aromatic heterocycles. The lowest BCUT2D eigenvalue weighted by Crippen LogP contribution is -2.00. The average Bonchev–Trinajstić information content (AvgIpc) is 3.24. The second-order valence-corrected chi connectivity index (χ2v) is 4.58. The molecule has 0 radical (unpaired) electrons. The van der Waals surface area contributed by atoms with Crippen LogP contribution in [0.5, 0.6) is 11.5 Å². The second kappa shape index (κ2) is 4.65. The van der Waals surface area contributed by atoms with Crippen molar-refractivity contribution in [3.8, 4) is 11.5 Å². The van der Waals surface area contributed by atoms with Crippen LogP contribution in [0.1, 0.15) is 23.2 Å². The molecule has 0 aliphatic heterocycles. The van der Waals surface area contributed by atoms with Crippen molar-refractivity contribution in [2.24, 2.45) is 5.92 Å². The van der Waals surface area contributed by atoms with E-state index >= 15 is 0 Å². The van der Waals surface area contributed by atoms with Gasteiger partial charge in [-0.05, 0) is 49.2 Å². The van der Waals surface area contributed by atoms with Gasteiger partial charge in [0.1, 0.15) is 11.5 Å². The first-order valence-electron chi connectivity index (χ1n) is 6.20. The first kappa shape index (κ1) is 11.0. The number of para-hydroxylation sites is 1. The Labute approximate surface area is 106 Å². The first-order valence-corrected chi connectivity index (χ1v) is 6.20. The zero-order valence-electron chi connectivity index (χ0n) is 10.0. The van der Waals surface area contributed by atoms with Crippen molar-refractivity contribution >= 4 is 5.78 Å². The van der Waals surface area contributed by atoms with Gasteiger partial charge in [-0.2, -0.15) is 0 Å². The zero-order valence-corrected chi connectivity index (χ0v) is 10.0. The molecule has 0 spiro atoms. The third kappa shape index (κ3) is 2.43. The average molecular weight is 238 g/mol. The summed E-state index contributed by atoms with van der Waals surface area (Å²) >= 11 is 0. The largest absolute Gasteiger partial charge is 0.457 e. The number of rotatable bonds is 4. The van der Waals surface area contributed by atoms with Crippen molar-refractivity contribution in [2.75, 3.05) is 0 Å². The maximum atomic E-state index is 11.8. The van der Waals surface area contributed by atoms with Crippen LogP contribution in [0, 0.1) is 5.92 Å². The third-order valence-corrected chi connectivity index (χ3v) is 3.07. The molecule has 18 heavy (non-hydrogen) atoms. The number of hydrogen-bond acceptors (Lipinski definition) is 2. The summed E-state index contributed by atoms with van der Waals surface area (Å²) in [4.78, 5) is 11.8. The van der Waals surface area contributed by atoms with E-state index in [0.717, 1.165) is 29.9 Å². The van der Waals surface area contributed by atoms with Crippen molar-refractivity contribution in [1.82, 2.24) is 0 Å². The fourth-order valence-corrected chi connectivity index (χ4v) is 1.89. The summed E-state index contributed by atoms with van der Waals surface area (Å²) in [5.74, 6) is 2.10. The number of carbonyl (C=O) groups excluding carboxylic acids is 1. The molecule has 2 aromatic rings. The molecule has 0 amide bonds. The van der Waals surface area contributed by atoms with Crippen LogP contribution in [-0.4, -0.2) is 5.78 Å². The Morgan fingerprint density at radius 3 is 2.11 bits per heavy atom. The Morgan fingerprint density at radius 1 is 0.889 bits per heavy atom. The lowest BCUT2D eigenvalue weighted by Gasteiger charge is -2.06. The normalized spacial score (nSPS) is 14.2. The van der Waals surface area contributed by atoms with Crippen LogP contribution in [0.15, 0.2) is 54.6 Å². The van der Waals surface area contributed by atoms with E-state index in [1.165, 1.54) is 0 Å². The predicted molar refractivity (Wildman–Crippen MR) is 70.0 cm³/mol. The van der Waals surface area contributed by atoms with E-state index in [9.17, 15) is 4.79 Å². The minimum Gasteiger partial charge on any atom is -0.457 e. The Morgan fingerprint density at radius 2 is 1.50 bits per heavy atom. The highest BCUT2D eigenvalue weighted by molar-refractivity contribution is 5.99. The van der Waals surface area contributed by atoms with Gasteiger partial charge in [0.15, 0.2) is 5.78 Å². The van der Waals surface area contributed by atoms with Crippen molar-refractivity contribution < 1.29 is 9.53 Å². The molecule has 2 heteroatoms. The SMILES string of the molecule is O=C(c1ccc(Oc2ccccc2)cc1)C1CC1. The molecule has 0 bridgehead atoms. The molecule has 1 aliphatic carbocycles. The highest BCUT2D eigenvalue weighted by atomic mass is 16.5. The quantitative estimate of drug-likeness (QED) is 0.750. The summed E-state index contributed by atoms with van der Waals surface area (Å²) in [6.45, 7) is 0. The predicted octanol–water partition coefficient (Wildman–Crippen LogP) is 4.07. The standard InChI is InChI=1S/C16H14O2/c17-16(12-6-7-12)13-8-10-15(11-9-13)18-14-4-2-1-3-5-14/h1-5,8-12H,6-7H2. The summed E-state index contributed by atoms with van der Waals surface area (Å²) in [6.07, 6.45) is 2.09. The van der Waals surface area contributed by atoms with E-state index in [0.29, 0.717) is 0 Å². The van der Waals surface area contributed by atoms with Gasteiger partial charge >= 0.3 is 0 Å². The zero-order chi connectivity index (χ0) is 12.4. The molecule has 1 fully saturated rings. The van der Waals surface area contributed by atoms with E-state index in [4.69, 9.17) is 4.74 Å². The maximum Gasteiger partial charge on any atom is 0.165 e. The summed E-state index contributed by atoms with van der Waals surface area (Å²) in [5.41, 5.74) is 0.790. The highest BCUT2D eigenvalue weighted by Gasteiger charge is 2.30. The minimum atomic E-state index is 0.265. The van der Waals surface area contributed by atoms with Crippen molar-refractivity contribution in [3.05, 3.63) is 60.2 Å². The van der Waals surface area contributed by atoms with E-state index in [1.54, 1.807) is 0 Å². The number of hydrogen-bond donors (Lipinski definition) is 0. The number of Topliss-reactive ketones (excluding diaryl/α,β-unsaturated/α-hetero) is 1. The molecular formula is C16H14O2. The lowest BCUT2D eigenvalue weighted by molar-refractivity contribution is 0.0967. The van der Waals surface area contributed by atoms with Crippen LogP contribution in [0.3, 0.4) is 0 Å². The van der Waals surface area contributed by atoms with Gasteiger partial charge in [0.05, 0.1) is 0 Å². The summed E-state index contributed by atoms with van der Waals surface area (Å²) in [7, 11) is 0. The van der Waals surface area contributed by atoms with Gasteiger partial charge in [0.2, 0.25) is 0 Å². The Bertz CT molecular complexity index is 539. The highest BCUT2D eigenvalue weighted by Crippen LogP contribution is 2.33. The van der Waals surface area contributed by atoms with Crippen LogP contribution in [-0.2, 0) is 0 Å². The Balaban J connectivity index is 1.73. The first-order chi connectivity index (χ1) is 8.83. The van der Waals surface area contributed by atoms with Gasteiger partial charge in [-0.25, -0.2) is 0 Å². The molecule has 0 unspecified atom stereocenters. The van der Waals surface area contributed by atoms with Crippen LogP contribution in [0.25, 0.3) is 0 Å². The van der Waals surface area contributed by atoms with Crippen molar-refractivity contribution in [1.29, 1.82) is 0 Å². The topological polar surface area (TPSA) is 26.3 Å². The second-order valence-electron chi connectivity index (χ2n) is 4.58. The van der Waals surface area contributed by atoms with Gasteiger partial charge in [0.25, 0.3) is 0 Å². The maximum absolute atomic E-state index is 11.8. The molecule has 1 aliphatic rings. The Hall–Kier alpha value is -2.09. The summed E-state index contributed by atoms with van der Waals surface area (Å²) < 4.78 is 5.68. The van der Waals surface area contributed by atoms with E-state index in [-0.39, 0.29) is 11.7 Å². The van der Waals surface area contributed by atoms with Gasteiger partial charge in [0, 0.05) is 11.5 Å². The molecule has 2 nitrogen and oxygen atoms in total. The molecule has 2 aromatic carbocycles. The van der Waals surface area contributed by atoms with Gasteiger partial charge in [-0.15, -0.1) is 0 Å². The molecule has 0 saturated heterocycles. The van der Waals surface area contributed by atoms with E-state index < -0.39 is 0 Å². The molecule has 3 rings (SSSR count). The smallest absolute Gasteiger partial charge is 0.165 e. The third-order valence-electron chi connectivity index (χ3n) is 3.07. The lowest BCUT2D eigenvalue weighted by atomic mass is 10.1. The van der Waals surface area contributed by atoms with Crippen LogP contribution >= 0.6 is 0 Å². The summed E-state index contributed by atoms with van der Waals surface area (Å²) in [6, 6.07) is 17.0. The van der Waals surface area contributed by atoms with Gasteiger partial charge in [-0.1, -0.05) is 18.2 Å². The monoisotopic (exact) mass is 238 g/mol. The van der Waals surface area contributed by atoms with Crippen molar-refractivity contribution in [3.63, 3.8) is 0 Å². The number of ether oxygens (including phenoxy) is 1. The van der Waals surface area contributed by atoms with E-state index in [2.05, 4.69) is 0 Å². The fourth-order valence-electron chi connectivity index (χ4n) is 1.89. The minimum absolute atomic E-state index is 0.265. The molecule has 90 valence electrons. The molecule has 0 N–H and O–H groups in total. The molecule has 0 atom stereocenters. The summed E-state index contributed by atoms with van der Waals surface area (Å²) in [5, 5.41) is 0. The van der Waals surface area contributed by atoms with Crippen LogP contribution in [0.2, 0.25) is 0 Å². The van der Waals surface area contributed by atoms with Gasteiger partial charge in [-0.3, -0.25) is 4.79 Å². The number of carbonyl (C=O) groups is 1. The van der Waals surface area contributed by atoms with Crippen LogP contribution < -0.4 is 4.74 Å². The molecular weight excluding hydrogens is 224 g/mol. The van der Waals surface area contributed by atoms with Crippen molar-refractivity contribution in [2.45, 2.75) is 12.8 Å². The Kier molecular flexibility index (Phi) is 2.85. The van der Waals surface area contributed by atoms with Gasteiger partial charge < -0.3 is 4.74 Å². The number of benzene rings is 2.